The highest BCUT2D eigenvalue weighted by molar-refractivity contribution is 5.29. The van der Waals surface area contributed by atoms with Gasteiger partial charge in [0.2, 0.25) is 0 Å². The first-order valence-corrected chi connectivity index (χ1v) is 7.16. The van der Waals surface area contributed by atoms with Crippen LogP contribution >= 0.6 is 0 Å². The lowest BCUT2D eigenvalue weighted by molar-refractivity contribution is -0.138. The van der Waals surface area contributed by atoms with Gasteiger partial charge in [-0.1, -0.05) is 32.0 Å². The van der Waals surface area contributed by atoms with Crippen LogP contribution in [0.1, 0.15) is 50.7 Å². The van der Waals surface area contributed by atoms with Crippen molar-refractivity contribution in [3.63, 3.8) is 0 Å². The molecule has 0 aromatic heterocycles. The molecule has 0 radical (unpaired) electrons. The maximum Gasteiger partial charge on any atom is 0.416 e. The molecule has 0 unspecified atom stereocenters. The Kier molecular flexibility index (Phi) is 4.43. The second-order valence-corrected chi connectivity index (χ2v) is 6.47. The molecule has 1 N–H and O–H groups in total. The van der Waals surface area contributed by atoms with Gasteiger partial charge < -0.3 is 5.32 Å². The van der Waals surface area contributed by atoms with Crippen molar-refractivity contribution in [3.8, 4) is 0 Å². The van der Waals surface area contributed by atoms with Gasteiger partial charge >= 0.3 is 6.18 Å². The van der Waals surface area contributed by atoms with Gasteiger partial charge in [-0.15, -0.1) is 0 Å². The highest BCUT2D eigenvalue weighted by Crippen LogP contribution is 2.35. The van der Waals surface area contributed by atoms with E-state index in [9.17, 15) is 13.2 Å². The van der Waals surface area contributed by atoms with Gasteiger partial charge in [-0.05, 0) is 42.7 Å². The summed E-state index contributed by atoms with van der Waals surface area (Å²) < 4.78 is 38.7. The van der Waals surface area contributed by atoms with Crippen LogP contribution in [0.15, 0.2) is 24.3 Å². The molecule has 112 valence electrons. The Balaban J connectivity index is 1.95. The lowest BCUT2D eigenvalue weighted by Gasteiger charge is -2.34. The summed E-state index contributed by atoms with van der Waals surface area (Å²) in [6.45, 7) is 4.80. The summed E-state index contributed by atoms with van der Waals surface area (Å²) >= 11 is 0. The lowest BCUT2D eigenvalue weighted by Crippen LogP contribution is -2.35. The number of halogens is 3. The molecule has 0 heterocycles. The molecule has 2 rings (SSSR count). The zero-order valence-electron chi connectivity index (χ0n) is 12.1. The van der Waals surface area contributed by atoms with Crippen molar-refractivity contribution in [1.82, 2.24) is 5.32 Å². The van der Waals surface area contributed by atoms with Crippen molar-refractivity contribution in [3.05, 3.63) is 35.4 Å². The van der Waals surface area contributed by atoms with E-state index >= 15 is 0 Å². The Morgan fingerprint density at radius 3 is 2.35 bits per heavy atom. The van der Waals surface area contributed by atoms with E-state index in [1.807, 2.05) is 0 Å². The molecule has 1 fully saturated rings. The van der Waals surface area contributed by atoms with Gasteiger partial charge in [0.1, 0.15) is 0 Å². The summed E-state index contributed by atoms with van der Waals surface area (Å²) in [6.07, 6.45) is 0.0758. The average molecular weight is 285 g/mol. The van der Waals surface area contributed by atoms with Crippen LogP contribution in [0.5, 0.6) is 0 Å². The Bertz CT molecular complexity index is 441. The molecule has 1 aliphatic rings. The summed E-state index contributed by atoms with van der Waals surface area (Å²) in [5, 5.41) is 3.29. The van der Waals surface area contributed by atoms with E-state index in [1.54, 1.807) is 12.1 Å². The normalized spacial score (nSPS) is 20.1. The van der Waals surface area contributed by atoms with Gasteiger partial charge in [-0.2, -0.15) is 13.2 Å². The van der Waals surface area contributed by atoms with Crippen molar-refractivity contribution in [2.75, 3.05) is 0 Å². The van der Waals surface area contributed by atoms with E-state index in [0.29, 0.717) is 23.6 Å². The van der Waals surface area contributed by atoms with Gasteiger partial charge in [0.25, 0.3) is 0 Å². The Morgan fingerprint density at radius 1 is 1.15 bits per heavy atom. The van der Waals surface area contributed by atoms with E-state index in [-0.39, 0.29) is 0 Å². The first-order valence-electron chi connectivity index (χ1n) is 7.16. The summed E-state index contributed by atoms with van der Waals surface area (Å²) in [7, 11) is 0. The predicted molar refractivity (Wildman–Crippen MR) is 74.3 cm³/mol. The number of hydrogen-bond acceptors (Lipinski definition) is 1. The SMILES string of the molecule is CC1(C)CCC(NCc2ccccc2C(F)(F)F)CC1. The zero-order chi connectivity index (χ0) is 14.8. The van der Waals surface area contributed by atoms with Gasteiger partial charge in [-0.3, -0.25) is 0 Å². The summed E-state index contributed by atoms with van der Waals surface area (Å²) in [5.74, 6) is 0. The summed E-state index contributed by atoms with van der Waals surface area (Å²) in [4.78, 5) is 0. The van der Waals surface area contributed by atoms with Crippen LogP contribution in [0.4, 0.5) is 13.2 Å². The van der Waals surface area contributed by atoms with Crippen LogP contribution in [0.3, 0.4) is 0 Å². The van der Waals surface area contributed by atoms with Crippen molar-refractivity contribution in [2.45, 2.75) is 58.3 Å². The molecule has 0 bridgehead atoms. The van der Waals surface area contributed by atoms with Crippen LogP contribution < -0.4 is 5.32 Å². The van der Waals surface area contributed by atoms with Crippen molar-refractivity contribution in [2.24, 2.45) is 5.41 Å². The molecule has 1 nitrogen and oxygen atoms in total. The third-order valence-corrected chi connectivity index (χ3v) is 4.24. The molecule has 1 saturated carbocycles. The fraction of sp³-hybridized carbons (Fsp3) is 0.625. The number of hydrogen-bond donors (Lipinski definition) is 1. The molecular formula is C16H22F3N. The highest BCUT2D eigenvalue weighted by Gasteiger charge is 2.33. The molecule has 1 aromatic carbocycles. The standard InChI is InChI=1S/C16H22F3N/c1-15(2)9-7-13(8-10-15)20-11-12-5-3-4-6-14(12)16(17,18)19/h3-6,13,20H,7-11H2,1-2H3. The van der Waals surface area contributed by atoms with E-state index in [2.05, 4.69) is 19.2 Å². The molecular weight excluding hydrogens is 263 g/mol. The lowest BCUT2D eigenvalue weighted by atomic mass is 9.75. The number of benzene rings is 1. The van der Waals surface area contributed by atoms with Crippen LogP contribution in [0.25, 0.3) is 0 Å². The van der Waals surface area contributed by atoms with Crippen LogP contribution in [-0.4, -0.2) is 6.04 Å². The number of rotatable bonds is 3. The minimum atomic E-state index is -4.27. The van der Waals surface area contributed by atoms with Crippen molar-refractivity contribution < 1.29 is 13.2 Å². The predicted octanol–water partition coefficient (Wildman–Crippen LogP) is 4.76. The third kappa shape index (κ3) is 3.98. The average Bonchev–Trinajstić information content (AvgIpc) is 2.37. The largest absolute Gasteiger partial charge is 0.416 e. The number of nitrogens with one attached hydrogen (secondary N) is 1. The molecule has 4 heteroatoms. The molecule has 1 aromatic rings. The fourth-order valence-electron chi connectivity index (χ4n) is 2.81. The first-order chi connectivity index (χ1) is 9.28. The van der Waals surface area contributed by atoms with Gasteiger partial charge in [0.05, 0.1) is 5.56 Å². The van der Waals surface area contributed by atoms with Crippen molar-refractivity contribution in [1.29, 1.82) is 0 Å². The minimum absolute atomic E-state index is 0.292. The van der Waals surface area contributed by atoms with Crippen LogP contribution in [0, 0.1) is 5.41 Å². The maximum absolute atomic E-state index is 12.9. The maximum atomic E-state index is 12.9. The van der Waals surface area contributed by atoms with Crippen LogP contribution in [-0.2, 0) is 12.7 Å². The van der Waals surface area contributed by atoms with Gasteiger partial charge in [0, 0.05) is 12.6 Å². The quantitative estimate of drug-likeness (QED) is 0.844. The minimum Gasteiger partial charge on any atom is -0.310 e. The molecule has 0 aliphatic heterocycles. The molecule has 0 spiro atoms. The molecule has 0 amide bonds. The Morgan fingerprint density at radius 2 is 1.75 bits per heavy atom. The zero-order valence-corrected chi connectivity index (χ0v) is 12.1. The van der Waals surface area contributed by atoms with E-state index in [4.69, 9.17) is 0 Å². The summed E-state index contributed by atoms with van der Waals surface area (Å²) in [5.41, 5.74) is 0.190. The molecule has 0 atom stereocenters. The Labute approximate surface area is 118 Å². The fourth-order valence-corrected chi connectivity index (χ4v) is 2.81. The summed E-state index contributed by atoms with van der Waals surface area (Å²) in [6, 6.07) is 6.15. The highest BCUT2D eigenvalue weighted by atomic mass is 19.4. The molecule has 20 heavy (non-hydrogen) atoms. The van der Waals surface area contributed by atoms with Gasteiger partial charge in [0.15, 0.2) is 0 Å². The topological polar surface area (TPSA) is 12.0 Å². The van der Waals surface area contributed by atoms with Crippen molar-refractivity contribution >= 4 is 0 Å². The second kappa shape index (κ2) is 5.76. The van der Waals surface area contributed by atoms with Crippen LogP contribution in [0.2, 0.25) is 0 Å². The Hall–Kier alpha value is -1.03. The van der Waals surface area contributed by atoms with E-state index in [1.165, 1.54) is 6.07 Å². The first kappa shape index (κ1) is 15.4. The monoisotopic (exact) mass is 285 g/mol. The van der Waals surface area contributed by atoms with Gasteiger partial charge in [-0.25, -0.2) is 0 Å². The smallest absolute Gasteiger partial charge is 0.310 e. The van der Waals surface area contributed by atoms with E-state index in [0.717, 1.165) is 31.7 Å². The number of alkyl halides is 3. The molecule has 1 aliphatic carbocycles. The molecule has 0 saturated heterocycles. The van der Waals surface area contributed by atoms with E-state index < -0.39 is 11.7 Å². The second-order valence-electron chi connectivity index (χ2n) is 6.47. The third-order valence-electron chi connectivity index (χ3n) is 4.24.